The molecule has 140 valence electrons. The smallest absolute Gasteiger partial charge is 0.234 e. The molecule has 0 aliphatic heterocycles. The van der Waals surface area contributed by atoms with E-state index < -0.39 is 0 Å². The van der Waals surface area contributed by atoms with Crippen LogP contribution < -0.4 is 10.1 Å². The van der Waals surface area contributed by atoms with E-state index in [1.807, 2.05) is 54.9 Å². The van der Waals surface area contributed by atoms with E-state index >= 15 is 0 Å². The van der Waals surface area contributed by atoms with Crippen molar-refractivity contribution in [2.75, 3.05) is 18.2 Å². The molecule has 3 aromatic rings. The van der Waals surface area contributed by atoms with Gasteiger partial charge >= 0.3 is 0 Å². The maximum Gasteiger partial charge on any atom is 0.234 e. The average Bonchev–Trinajstić information content (AvgIpc) is 3.01. The molecule has 2 aromatic carbocycles. The number of amides is 1. The minimum atomic E-state index is -0.114. The zero-order chi connectivity index (χ0) is 19.2. The zero-order valence-electron chi connectivity index (χ0n) is 15.6. The van der Waals surface area contributed by atoms with Gasteiger partial charge in [0.05, 0.1) is 18.6 Å². The number of hydrogen-bond acceptors (Lipinski definition) is 5. The van der Waals surface area contributed by atoms with E-state index in [0.717, 1.165) is 11.4 Å². The van der Waals surface area contributed by atoms with Crippen LogP contribution in [0, 0.1) is 6.92 Å². The van der Waals surface area contributed by atoms with Gasteiger partial charge in [0.25, 0.3) is 0 Å². The van der Waals surface area contributed by atoms with Crippen LogP contribution in [0.3, 0.4) is 0 Å². The molecule has 1 heterocycles. The highest BCUT2D eigenvalue weighted by Gasteiger charge is 2.13. The lowest BCUT2D eigenvalue weighted by molar-refractivity contribution is -0.113. The maximum atomic E-state index is 12.3. The number of nitrogens with zero attached hydrogens (tertiary/aromatic N) is 3. The van der Waals surface area contributed by atoms with Crippen LogP contribution in [0.15, 0.2) is 53.7 Å². The Balaban J connectivity index is 1.60. The number of aryl methyl sites for hydroxylation is 1. The number of ether oxygens (including phenoxy) is 1. The summed E-state index contributed by atoms with van der Waals surface area (Å²) in [7, 11) is 3.50. The molecule has 27 heavy (non-hydrogen) atoms. The van der Waals surface area contributed by atoms with Crippen LogP contribution in [0.1, 0.15) is 17.0 Å². The summed E-state index contributed by atoms with van der Waals surface area (Å²) in [6.45, 7) is 1.97. The van der Waals surface area contributed by atoms with Gasteiger partial charge in [-0.05, 0) is 30.2 Å². The molecule has 0 saturated heterocycles. The summed E-state index contributed by atoms with van der Waals surface area (Å²) in [5.41, 5.74) is 2.90. The third-order valence-electron chi connectivity index (χ3n) is 4.09. The summed E-state index contributed by atoms with van der Waals surface area (Å²) in [6.07, 6.45) is 0.706. The molecule has 0 fully saturated rings. The molecule has 0 atom stereocenters. The maximum absolute atomic E-state index is 12.3. The molecular formula is C20H22N4O2S. The fraction of sp³-hybridized carbons (Fsp3) is 0.250. The van der Waals surface area contributed by atoms with Crippen molar-refractivity contribution in [1.82, 2.24) is 14.8 Å². The predicted molar refractivity (Wildman–Crippen MR) is 107 cm³/mol. The minimum Gasteiger partial charge on any atom is -0.495 e. The largest absolute Gasteiger partial charge is 0.495 e. The molecule has 7 heteroatoms. The summed E-state index contributed by atoms with van der Waals surface area (Å²) in [4.78, 5) is 12.3. The zero-order valence-corrected chi connectivity index (χ0v) is 16.4. The van der Waals surface area contributed by atoms with Crippen LogP contribution >= 0.6 is 11.8 Å². The SMILES string of the molecule is COc1ccc(C)cc1NC(=O)CSc1nnc(Cc2ccccc2)n1C. The van der Waals surface area contributed by atoms with Gasteiger partial charge in [-0.3, -0.25) is 4.79 Å². The highest BCUT2D eigenvalue weighted by molar-refractivity contribution is 7.99. The average molecular weight is 382 g/mol. The molecule has 0 spiro atoms. The van der Waals surface area contributed by atoms with E-state index in [1.165, 1.54) is 17.3 Å². The van der Waals surface area contributed by atoms with Crippen LogP contribution in [0.5, 0.6) is 5.75 Å². The molecule has 0 aliphatic rings. The fourth-order valence-corrected chi connectivity index (χ4v) is 3.37. The van der Waals surface area contributed by atoms with Crippen molar-refractivity contribution in [3.8, 4) is 5.75 Å². The number of thioether (sulfide) groups is 1. The Morgan fingerprint density at radius 3 is 2.70 bits per heavy atom. The molecule has 6 nitrogen and oxygen atoms in total. The quantitative estimate of drug-likeness (QED) is 0.634. The molecule has 1 amide bonds. The molecule has 0 aliphatic carbocycles. The second-order valence-corrected chi connectivity index (χ2v) is 7.10. The standard InChI is InChI=1S/C20H22N4O2S/c1-14-9-10-17(26-3)16(11-14)21-19(25)13-27-20-23-22-18(24(20)2)12-15-7-5-4-6-8-15/h4-11H,12-13H2,1-3H3,(H,21,25). The number of anilines is 1. The Bertz CT molecular complexity index is 925. The van der Waals surface area contributed by atoms with E-state index in [-0.39, 0.29) is 11.7 Å². The third-order valence-corrected chi connectivity index (χ3v) is 5.11. The van der Waals surface area contributed by atoms with E-state index in [4.69, 9.17) is 4.74 Å². The van der Waals surface area contributed by atoms with Crippen molar-refractivity contribution in [3.63, 3.8) is 0 Å². The van der Waals surface area contributed by atoms with Gasteiger partial charge in [0.2, 0.25) is 5.91 Å². The lowest BCUT2D eigenvalue weighted by atomic mass is 10.1. The van der Waals surface area contributed by atoms with Gasteiger partial charge in [-0.2, -0.15) is 0 Å². The number of hydrogen-bond donors (Lipinski definition) is 1. The first-order valence-electron chi connectivity index (χ1n) is 8.56. The summed E-state index contributed by atoms with van der Waals surface area (Å²) >= 11 is 1.36. The van der Waals surface area contributed by atoms with Crippen LogP contribution in [0.4, 0.5) is 5.69 Å². The highest BCUT2D eigenvalue weighted by Crippen LogP contribution is 2.26. The van der Waals surface area contributed by atoms with Gasteiger partial charge in [-0.1, -0.05) is 48.2 Å². The normalized spacial score (nSPS) is 10.6. The number of methoxy groups -OCH3 is 1. The number of rotatable bonds is 7. The Morgan fingerprint density at radius 1 is 1.19 bits per heavy atom. The first-order valence-corrected chi connectivity index (χ1v) is 9.55. The van der Waals surface area contributed by atoms with Crippen molar-refractivity contribution in [3.05, 3.63) is 65.5 Å². The lowest BCUT2D eigenvalue weighted by Gasteiger charge is -2.10. The molecule has 3 rings (SSSR count). The summed E-state index contributed by atoms with van der Waals surface area (Å²) in [6, 6.07) is 15.8. The number of aromatic nitrogens is 3. The molecule has 1 N–H and O–H groups in total. The molecule has 0 saturated carbocycles. The van der Waals surface area contributed by atoms with Crippen molar-refractivity contribution in [2.24, 2.45) is 7.05 Å². The predicted octanol–water partition coefficient (Wildman–Crippen LogP) is 3.45. The highest BCUT2D eigenvalue weighted by atomic mass is 32.2. The van der Waals surface area contributed by atoms with Gasteiger partial charge in [0.15, 0.2) is 5.16 Å². The second-order valence-electron chi connectivity index (χ2n) is 6.16. The molecular weight excluding hydrogens is 360 g/mol. The van der Waals surface area contributed by atoms with E-state index in [0.29, 0.717) is 23.0 Å². The summed E-state index contributed by atoms with van der Waals surface area (Å²) < 4.78 is 7.22. The fourth-order valence-electron chi connectivity index (χ4n) is 2.64. The number of carbonyl (C=O) groups is 1. The van der Waals surface area contributed by atoms with Crippen LogP contribution in [-0.4, -0.2) is 33.5 Å². The van der Waals surface area contributed by atoms with Gasteiger partial charge in [-0.15, -0.1) is 10.2 Å². The Hall–Kier alpha value is -2.80. The van der Waals surface area contributed by atoms with E-state index in [1.54, 1.807) is 7.11 Å². The van der Waals surface area contributed by atoms with Gasteiger partial charge in [0, 0.05) is 13.5 Å². The molecule has 0 unspecified atom stereocenters. The van der Waals surface area contributed by atoms with Crippen LogP contribution in [0.25, 0.3) is 0 Å². The monoisotopic (exact) mass is 382 g/mol. The third kappa shape index (κ3) is 4.89. The lowest BCUT2D eigenvalue weighted by Crippen LogP contribution is -2.15. The van der Waals surface area contributed by atoms with E-state index in [2.05, 4.69) is 27.6 Å². The number of benzene rings is 2. The van der Waals surface area contributed by atoms with Crippen molar-refractivity contribution < 1.29 is 9.53 Å². The summed E-state index contributed by atoms with van der Waals surface area (Å²) in [5, 5.41) is 12.1. The van der Waals surface area contributed by atoms with Crippen LogP contribution in [0.2, 0.25) is 0 Å². The minimum absolute atomic E-state index is 0.114. The first kappa shape index (κ1) is 19.0. The molecule has 0 radical (unpaired) electrons. The number of carbonyl (C=O) groups excluding carboxylic acids is 1. The van der Waals surface area contributed by atoms with Crippen LogP contribution in [-0.2, 0) is 18.3 Å². The van der Waals surface area contributed by atoms with Gasteiger partial charge < -0.3 is 14.6 Å². The Morgan fingerprint density at radius 2 is 1.96 bits per heavy atom. The Kier molecular flexibility index (Phi) is 6.13. The van der Waals surface area contributed by atoms with Crippen molar-refractivity contribution >= 4 is 23.4 Å². The molecule has 1 aromatic heterocycles. The topological polar surface area (TPSA) is 69.0 Å². The van der Waals surface area contributed by atoms with Gasteiger partial charge in [0.1, 0.15) is 11.6 Å². The number of nitrogens with one attached hydrogen (secondary N) is 1. The van der Waals surface area contributed by atoms with Crippen molar-refractivity contribution in [2.45, 2.75) is 18.5 Å². The first-order chi connectivity index (χ1) is 13.1. The Labute approximate surface area is 163 Å². The van der Waals surface area contributed by atoms with E-state index in [9.17, 15) is 4.79 Å². The van der Waals surface area contributed by atoms with Gasteiger partial charge in [-0.25, -0.2) is 0 Å². The molecule has 0 bridgehead atoms. The second kappa shape index (κ2) is 8.73. The van der Waals surface area contributed by atoms with Crippen molar-refractivity contribution in [1.29, 1.82) is 0 Å². The summed E-state index contributed by atoms with van der Waals surface area (Å²) in [5.74, 6) is 1.64.